The molecular formula is C23H24FN3O4. The maximum Gasteiger partial charge on any atom is 0.419 e. The number of hydrogen-bond acceptors (Lipinski definition) is 5. The van der Waals surface area contributed by atoms with Gasteiger partial charge in [-0.05, 0) is 43.7 Å². The third kappa shape index (κ3) is 4.38. The molecule has 31 heavy (non-hydrogen) atoms. The van der Waals surface area contributed by atoms with Gasteiger partial charge in [0, 0.05) is 44.7 Å². The maximum absolute atomic E-state index is 14.4. The largest absolute Gasteiger partial charge is 0.419 e. The summed E-state index contributed by atoms with van der Waals surface area (Å²) < 4.78 is 21.1. The topological polar surface area (TPSA) is 75.8 Å². The van der Waals surface area contributed by atoms with Crippen LogP contribution in [0.3, 0.4) is 0 Å². The number of Topliss-reactive ketones (excluding diaryl/α,β-unsaturated/α-hetero) is 1. The van der Waals surface area contributed by atoms with Crippen molar-refractivity contribution in [3.05, 3.63) is 64.4 Å². The van der Waals surface area contributed by atoms with Gasteiger partial charge in [0.2, 0.25) is 5.91 Å². The van der Waals surface area contributed by atoms with E-state index in [2.05, 4.69) is 0 Å². The molecule has 4 rings (SSSR count). The van der Waals surface area contributed by atoms with E-state index in [1.165, 1.54) is 13.0 Å². The van der Waals surface area contributed by atoms with Crippen LogP contribution in [-0.4, -0.2) is 47.3 Å². The fourth-order valence-electron chi connectivity index (χ4n) is 3.95. The van der Waals surface area contributed by atoms with Gasteiger partial charge in [-0.3, -0.25) is 14.2 Å². The van der Waals surface area contributed by atoms with E-state index < -0.39 is 11.6 Å². The molecule has 0 bridgehead atoms. The van der Waals surface area contributed by atoms with Gasteiger partial charge in [-0.1, -0.05) is 12.1 Å². The van der Waals surface area contributed by atoms with E-state index >= 15 is 0 Å². The Hall–Kier alpha value is -3.42. The van der Waals surface area contributed by atoms with Crippen LogP contribution in [0.15, 0.2) is 51.7 Å². The van der Waals surface area contributed by atoms with E-state index in [1.54, 1.807) is 27.7 Å². The van der Waals surface area contributed by atoms with E-state index in [0.29, 0.717) is 62.4 Å². The molecule has 0 aliphatic carbocycles. The zero-order valence-corrected chi connectivity index (χ0v) is 17.3. The fraction of sp³-hybridized carbons (Fsp3) is 0.348. The van der Waals surface area contributed by atoms with Gasteiger partial charge < -0.3 is 14.2 Å². The quantitative estimate of drug-likeness (QED) is 0.568. The zero-order chi connectivity index (χ0) is 22.0. The van der Waals surface area contributed by atoms with Crippen molar-refractivity contribution in [2.75, 3.05) is 31.1 Å². The third-order valence-electron chi connectivity index (χ3n) is 5.67. The molecule has 0 unspecified atom stereocenters. The number of rotatable bonds is 6. The van der Waals surface area contributed by atoms with Gasteiger partial charge in [0.1, 0.15) is 5.82 Å². The number of oxazole rings is 1. The molecule has 1 aliphatic rings. The molecule has 2 aromatic carbocycles. The van der Waals surface area contributed by atoms with Gasteiger partial charge in [0.25, 0.3) is 0 Å². The normalized spacial score (nSPS) is 14.3. The lowest BCUT2D eigenvalue weighted by Gasteiger charge is -2.36. The van der Waals surface area contributed by atoms with Crippen LogP contribution in [0, 0.1) is 5.82 Å². The molecule has 162 valence electrons. The van der Waals surface area contributed by atoms with E-state index in [9.17, 15) is 18.8 Å². The first-order valence-corrected chi connectivity index (χ1v) is 10.4. The number of nitrogens with zero attached hydrogens (tertiary/aromatic N) is 3. The fourth-order valence-corrected chi connectivity index (χ4v) is 3.95. The number of anilines is 1. The first-order chi connectivity index (χ1) is 14.9. The molecule has 7 nitrogen and oxygen atoms in total. The molecule has 1 aromatic heterocycles. The molecule has 1 saturated heterocycles. The molecule has 1 aliphatic heterocycles. The van der Waals surface area contributed by atoms with Crippen LogP contribution in [0.2, 0.25) is 0 Å². The Morgan fingerprint density at radius 1 is 1.06 bits per heavy atom. The summed E-state index contributed by atoms with van der Waals surface area (Å²) in [6.45, 7) is 3.87. The smallest absolute Gasteiger partial charge is 0.408 e. The molecule has 0 radical (unpaired) electrons. The minimum absolute atomic E-state index is 0.0212. The van der Waals surface area contributed by atoms with E-state index in [0.717, 1.165) is 5.52 Å². The van der Waals surface area contributed by atoms with Gasteiger partial charge in [-0.25, -0.2) is 9.18 Å². The molecule has 0 saturated carbocycles. The number of aryl methyl sites for hydroxylation is 1. The lowest BCUT2D eigenvalue weighted by atomic mass is 10.1. The van der Waals surface area contributed by atoms with Crippen LogP contribution >= 0.6 is 0 Å². The highest BCUT2D eigenvalue weighted by molar-refractivity contribution is 5.94. The first kappa shape index (κ1) is 20.8. The predicted molar refractivity (Wildman–Crippen MR) is 115 cm³/mol. The number of benzene rings is 2. The van der Waals surface area contributed by atoms with Crippen molar-refractivity contribution in [1.82, 2.24) is 9.47 Å². The van der Waals surface area contributed by atoms with Gasteiger partial charge in [-0.2, -0.15) is 0 Å². The van der Waals surface area contributed by atoms with Gasteiger partial charge >= 0.3 is 5.76 Å². The molecule has 3 aromatic rings. The Labute approximate surface area is 178 Å². The number of piperazine rings is 1. The molecule has 8 heteroatoms. The average Bonchev–Trinajstić information content (AvgIpc) is 3.09. The monoisotopic (exact) mass is 425 g/mol. The van der Waals surface area contributed by atoms with Crippen molar-refractivity contribution in [1.29, 1.82) is 0 Å². The van der Waals surface area contributed by atoms with Gasteiger partial charge in [0.05, 0.1) is 11.2 Å². The highest BCUT2D eigenvalue weighted by Crippen LogP contribution is 2.22. The van der Waals surface area contributed by atoms with Gasteiger partial charge in [-0.15, -0.1) is 0 Å². The maximum atomic E-state index is 14.4. The minimum Gasteiger partial charge on any atom is -0.408 e. The number of amides is 1. The number of halogens is 1. The Balaban J connectivity index is 1.30. The lowest BCUT2D eigenvalue weighted by Crippen LogP contribution is -2.49. The molecule has 0 N–H and O–H groups in total. The standard InChI is InChI=1S/C23H24FN3O4/c1-16(28)17-8-9-19(18(24)15-17)25-11-13-26(14-12-25)22(29)7-4-10-27-20-5-2-3-6-21(20)31-23(27)30/h2-3,5-6,8-9,15H,4,7,10-14H2,1H3. The minimum atomic E-state index is -0.426. The number of aromatic nitrogens is 1. The van der Waals surface area contributed by atoms with Crippen molar-refractivity contribution in [3.8, 4) is 0 Å². The summed E-state index contributed by atoms with van der Waals surface area (Å²) >= 11 is 0. The van der Waals surface area contributed by atoms with Crippen molar-refractivity contribution < 1.29 is 18.4 Å². The summed E-state index contributed by atoms with van der Waals surface area (Å²) in [5, 5.41) is 0. The van der Waals surface area contributed by atoms with Crippen LogP contribution in [0.5, 0.6) is 0 Å². The number of carbonyl (C=O) groups is 2. The molecule has 0 atom stereocenters. The predicted octanol–water partition coefficient (Wildman–Crippen LogP) is 3.07. The molecule has 1 fully saturated rings. The summed E-state index contributed by atoms with van der Waals surface area (Å²) in [5.41, 5.74) is 2.06. The molecule has 0 spiro atoms. The molecular weight excluding hydrogens is 401 g/mol. The summed E-state index contributed by atoms with van der Waals surface area (Å²) in [6, 6.07) is 11.7. The number of carbonyl (C=O) groups excluding carboxylic acids is 2. The van der Waals surface area contributed by atoms with E-state index in [1.807, 2.05) is 23.1 Å². The number of para-hydroxylation sites is 2. The van der Waals surface area contributed by atoms with Crippen LogP contribution in [-0.2, 0) is 11.3 Å². The first-order valence-electron chi connectivity index (χ1n) is 10.4. The SMILES string of the molecule is CC(=O)c1ccc(N2CCN(C(=O)CCCn3c(=O)oc4ccccc43)CC2)c(F)c1. The Morgan fingerprint density at radius 2 is 1.81 bits per heavy atom. The Morgan fingerprint density at radius 3 is 2.52 bits per heavy atom. The van der Waals surface area contributed by atoms with Crippen molar-refractivity contribution in [3.63, 3.8) is 0 Å². The molecule has 2 heterocycles. The molecule has 1 amide bonds. The zero-order valence-electron chi connectivity index (χ0n) is 17.3. The van der Waals surface area contributed by atoms with Crippen LogP contribution in [0.1, 0.15) is 30.1 Å². The second kappa shape index (κ2) is 8.75. The highest BCUT2D eigenvalue weighted by Gasteiger charge is 2.23. The summed E-state index contributed by atoms with van der Waals surface area (Å²) in [5.74, 6) is -0.996. The van der Waals surface area contributed by atoms with E-state index in [-0.39, 0.29) is 11.7 Å². The Bertz CT molecular complexity index is 1180. The lowest BCUT2D eigenvalue weighted by molar-refractivity contribution is -0.131. The van der Waals surface area contributed by atoms with Crippen LogP contribution in [0.4, 0.5) is 10.1 Å². The summed E-state index contributed by atoms with van der Waals surface area (Å²) in [6.07, 6.45) is 0.858. The second-order valence-corrected chi connectivity index (χ2v) is 7.68. The highest BCUT2D eigenvalue weighted by atomic mass is 19.1. The average molecular weight is 425 g/mol. The third-order valence-corrected chi connectivity index (χ3v) is 5.67. The van der Waals surface area contributed by atoms with Crippen molar-refractivity contribution >= 4 is 28.5 Å². The van der Waals surface area contributed by atoms with Crippen LogP contribution in [0.25, 0.3) is 11.1 Å². The number of fused-ring (bicyclic) bond motifs is 1. The number of ketones is 1. The van der Waals surface area contributed by atoms with E-state index in [4.69, 9.17) is 4.42 Å². The summed E-state index contributed by atoms with van der Waals surface area (Å²) in [4.78, 5) is 39.7. The summed E-state index contributed by atoms with van der Waals surface area (Å²) in [7, 11) is 0. The van der Waals surface area contributed by atoms with Crippen molar-refractivity contribution in [2.45, 2.75) is 26.3 Å². The second-order valence-electron chi connectivity index (χ2n) is 7.68. The van der Waals surface area contributed by atoms with Gasteiger partial charge in [0.15, 0.2) is 11.4 Å². The Kier molecular flexibility index (Phi) is 5.88. The number of hydrogen-bond donors (Lipinski definition) is 0. The van der Waals surface area contributed by atoms with Crippen LogP contribution < -0.4 is 10.7 Å². The van der Waals surface area contributed by atoms with Crippen molar-refractivity contribution in [2.24, 2.45) is 0 Å².